The molecule has 5 heteroatoms. The summed E-state index contributed by atoms with van der Waals surface area (Å²) in [5.41, 5.74) is 2.28. The van der Waals surface area contributed by atoms with Gasteiger partial charge in [-0.3, -0.25) is 4.79 Å². The van der Waals surface area contributed by atoms with E-state index >= 15 is 0 Å². The van der Waals surface area contributed by atoms with Gasteiger partial charge < -0.3 is 4.74 Å². The van der Waals surface area contributed by atoms with Crippen LogP contribution in [-0.4, -0.2) is 17.9 Å². The minimum atomic E-state index is -0.0371. The lowest BCUT2D eigenvalue weighted by Crippen LogP contribution is -2.15. The zero-order valence-corrected chi connectivity index (χ0v) is 11.9. The number of fused-ring (bicyclic) bond motifs is 1. The summed E-state index contributed by atoms with van der Waals surface area (Å²) < 4.78 is 5.90. The molecule has 0 saturated carbocycles. The lowest BCUT2D eigenvalue weighted by atomic mass is 10.0. The maximum Gasteiger partial charge on any atom is 0.160 e. The number of aryl methyl sites for hydroxylation is 2. The third kappa shape index (κ3) is 1.92. The lowest BCUT2D eigenvalue weighted by molar-refractivity contribution is 0.0716. The summed E-state index contributed by atoms with van der Waals surface area (Å²) in [5.74, 6) is 0. The predicted octanol–water partition coefficient (Wildman–Crippen LogP) is 3.30. The normalized spacial score (nSPS) is 18.7. The highest BCUT2D eigenvalue weighted by Gasteiger charge is 2.28. The van der Waals surface area contributed by atoms with Gasteiger partial charge in [-0.2, -0.15) is 0 Å². The van der Waals surface area contributed by atoms with Crippen molar-refractivity contribution in [2.75, 3.05) is 6.61 Å². The molecule has 0 saturated heterocycles. The van der Waals surface area contributed by atoms with E-state index in [-0.39, 0.29) is 6.10 Å². The van der Waals surface area contributed by atoms with Gasteiger partial charge in [0, 0.05) is 16.9 Å². The molecular weight excluding hydrogens is 266 g/mol. The minimum Gasteiger partial charge on any atom is -0.367 e. The van der Waals surface area contributed by atoms with Gasteiger partial charge in [-0.25, -0.2) is 4.98 Å². The Morgan fingerprint density at radius 3 is 3.00 bits per heavy atom. The molecule has 3 heterocycles. The second kappa shape index (κ2) is 4.57. The van der Waals surface area contributed by atoms with Crippen LogP contribution in [0, 0.1) is 13.8 Å². The molecular formula is C13H13NO2S2. The Kier molecular flexibility index (Phi) is 3.05. The van der Waals surface area contributed by atoms with Crippen molar-refractivity contribution in [3.05, 3.63) is 37.0 Å². The quantitative estimate of drug-likeness (QED) is 0.792. The number of carbonyl (C=O) groups is 1. The van der Waals surface area contributed by atoms with E-state index in [0.29, 0.717) is 6.61 Å². The molecule has 0 N–H and O–H groups in total. The SMILES string of the molecule is Cc1nc2c(s1)C(c1cc(C=O)sc1C)OCC2. The van der Waals surface area contributed by atoms with Crippen LogP contribution in [0.5, 0.6) is 0 Å². The van der Waals surface area contributed by atoms with E-state index in [0.717, 1.165) is 38.7 Å². The largest absolute Gasteiger partial charge is 0.367 e. The second-order valence-corrected chi connectivity index (χ2v) is 6.85. The first-order valence-corrected chi connectivity index (χ1v) is 7.45. The van der Waals surface area contributed by atoms with Gasteiger partial charge in [-0.05, 0) is 19.9 Å². The van der Waals surface area contributed by atoms with Crippen LogP contribution < -0.4 is 0 Å². The van der Waals surface area contributed by atoms with Crippen molar-refractivity contribution in [2.24, 2.45) is 0 Å². The van der Waals surface area contributed by atoms with E-state index in [1.54, 1.807) is 11.3 Å². The Hall–Kier alpha value is -1.04. The predicted molar refractivity (Wildman–Crippen MR) is 72.8 cm³/mol. The fourth-order valence-electron chi connectivity index (χ4n) is 2.29. The molecule has 0 fully saturated rings. The Bertz CT molecular complexity index is 600. The lowest BCUT2D eigenvalue weighted by Gasteiger charge is -2.22. The fraction of sp³-hybridized carbons (Fsp3) is 0.385. The van der Waals surface area contributed by atoms with Crippen LogP contribution in [0.15, 0.2) is 6.07 Å². The summed E-state index contributed by atoms with van der Waals surface area (Å²) in [5, 5.41) is 1.08. The molecule has 0 spiro atoms. The maximum absolute atomic E-state index is 10.9. The van der Waals surface area contributed by atoms with E-state index < -0.39 is 0 Å². The maximum atomic E-state index is 10.9. The molecule has 0 amide bonds. The number of hydrogen-bond acceptors (Lipinski definition) is 5. The number of nitrogens with zero attached hydrogens (tertiary/aromatic N) is 1. The van der Waals surface area contributed by atoms with E-state index in [4.69, 9.17) is 4.74 Å². The summed E-state index contributed by atoms with van der Waals surface area (Å²) >= 11 is 3.22. The Labute approximate surface area is 113 Å². The van der Waals surface area contributed by atoms with Crippen molar-refractivity contribution in [1.82, 2.24) is 4.98 Å². The average molecular weight is 279 g/mol. The van der Waals surface area contributed by atoms with Crippen LogP contribution in [-0.2, 0) is 11.2 Å². The van der Waals surface area contributed by atoms with E-state index in [2.05, 4.69) is 4.98 Å². The Balaban J connectivity index is 2.07. The zero-order valence-electron chi connectivity index (χ0n) is 10.2. The van der Waals surface area contributed by atoms with Crippen molar-refractivity contribution in [1.29, 1.82) is 0 Å². The number of ether oxygens (including phenoxy) is 1. The molecule has 1 atom stereocenters. The molecule has 3 nitrogen and oxygen atoms in total. The smallest absolute Gasteiger partial charge is 0.160 e. The van der Waals surface area contributed by atoms with Crippen LogP contribution in [0.3, 0.4) is 0 Å². The average Bonchev–Trinajstić information content (AvgIpc) is 2.90. The van der Waals surface area contributed by atoms with Gasteiger partial charge in [0.05, 0.1) is 27.1 Å². The van der Waals surface area contributed by atoms with E-state index in [9.17, 15) is 4.79 Å². The fourth-order valence-corrected chi connectivity index (χ4v) is 4.20. The number of hydrogen-bond donors (Lipinski definition) is 0. The summed E-state index contributed by atoms with van der Waals surface area (Å²) in [4.78, 5) is 18.5. The topological polar surface area (TPSA) is 39.2 Å². The molecule has 2 aromatic heterocycles. The first kappa shape index (κ1) is 12.0. The van der Waals surface area contributed by atoms with Crippen LogP contribution in [0.4, 0.5) is 0 Å². The van der Waals surface area contributed by atoms with Crippen LogP contribution in [0.25, 0.3) is 0 Å². The highest BCUT2D eigenvalue weighted by Crippen LogP contribution is 2.39. The second-order valence-electron chi connectivity index (χ2n) is 4.32. The third-order valence-electron chi connectivity index (χ3n) is 3.07. The summed E-state index contributed by atoms with van der Waals surface area (Å²) in [6.07, 6.45) is 1.76. The van der Waals surface area contributed by atoms with Gasteiger partial charge in [0.15, 0.2) is 6.29 Å². The molecule has 0 radical (unpaired) electrons. The molecule has 0 bridgehead atoms. The van der Waals surface area contributed by atoms with Gasteiger partial charge in [-0.15, -0.1) is 22.7 Å². The first-order valence-electron chi connectivity index (χ1n) is 5.82. The van der Waals surface area contributed by atoms with Gasteiger partial charge in [0.2, 0.25) is 0 Å². The number of thiazole rings is 1. The van der Waals surface area contributed by atoms with Crippen molar-refractivity contribution < 1.29 is 9.53 Å². The third-order valence-corrected chi connectivity index (χ3v) is 5.12. The molecule has 0 aromatic carbocycles. The highest BCUT2D eigenvalue weighted by atomic mass is 32.1. The number of aromatic nitrogens is 1. The highest BCUT2D eigenvalue weighted by molar-refractivity contribution is 7.14. The van der Waals surface area contributed by atoms with E-state index in [1.165, 1.54) is 16.2 Å². The van der Waals surface area contributed by atoms with Gasteiger partial charge in [0.1, 0.15) is 6.10 Å². The van der Waals surface area contributed by atoms with Crippen LogP contribution in [0.2, 0.25) is 0 Å². The first-order chi connectivity index (χ1) is 8.69. The van der Waals surface area contributed by atoms with Crippen molar-refractivity contribution in [2.45, 2.75) is 26.4 Å². The minimum absolute atomic E-state index is 0.0371. The summed E-state index contributed by atoms with van der Waals surface area (Å²) in [7, 11) is 0. The van der Waals surface area contributed by atoms with Gasteiger partial charge >= 0.3 is 0 Å². The number of aldehydes is 1. The molecule has 1 unspecified atom stereocenters. The molecule has 1 aliphatic heterocycles. The monoisotopic (exact) mass is 279 g/mol. The molecule has 2 aromatic rings. The van der Waals surface area contributed by atoms with E-state index in [1.807, 2.05) is 19.9 Å². The number of carbonyl (C=O) groups excluding carboxylic acids is 1. The Morgan fingerprint density at radius 1 is 1.44 bits per heavy atom. The standard InChI is InChI=1S/C13H13NO2S2/c1-7-10(5-9(6-15)17-7)12-13-11(3-4-16-12)14-8(2)18-13/h5-6,12H,3-4H2,1-2H3. The van der Waals surface area contributed by atoms with Crippen molar-refractivity contribution in [3.63, 3.8) is 0 Å². The summed E-state index contributed by atoms with van der Waals surface area (Å²) in [6, 6.07) is 1.95. The molecule has 0 aliphatic carbocycles. The Morgan fingerprint density at radius 2 is 2.28 bits per heavy atom. The zero-order chi connectivity index (χ0) is 12.7. The number of rotatable bonds is 2. The molecule has 3 rings (SSSR count). The van der Waals surface area contributed by atoms with Crippen molar-refractivity contribution in [3.8, 4) is 0 Å². The van der Waals surface area contributed by atoms with Gasteiger partial charge in [0.25, 0.3) is 0 Å². The molecule has 94 valence electrons. The van der Waals surface area contributed by atoms with Gasteiger partial charge in [-0.1, -0.05) is 0 Å². The molecule has 18 heavy (non-hydrogen) atoms. The number of thiophene rings is 1. The van der Waals surface area contributed by atoms with Crippen LogP contribution >= 0.6 is 22.7 Å². The van der Waals surface area contributed by atoms with Crippen LogP contribution in [0.1, 0.15) is 41.8 Å². The van der Waals surface area contributed by atoms with Crippen molar-refractivity contribution >= 4 is 29.0 Å². The molecule has 1 aliphatic rings. The summed E-state index contributed by atoms with van der Waals surface area (Å²) in [6.45, 7) is 4.77.